The molecule has 198 valence electrons. The molecule has 1 aromatic rings. The molecule has 1 aromatic carbocycles. The number of carbonyl (C=O) groups excluding carboxylic acids is 2. The van der Waals surface area contributed by atoms with Crippen molar-refractivity contribution in [2.45, 2.75) is 93.7 Å². The molecule has 6 heteroatoms. The quantitative estimate of drug-likeness (QED) is 0.0933. The minimum absolute atomic E-state index is 0.152. The van der Waals surface area contributed by atoms with Crippen molar-refractivity contribution in [1.82, 2.24) is 0 Å². The van der Waals surface area contributed by atoms with E-state index in [0.717, 1.165) is 64.2 Å². The maximum absolute atomic E-state index is 11.5. The highest BCUT2D eigenvalue weighted by atomic mass is 35.5. The molecule has 3 rings (SSSR count). The lowest BCUT2D eigenvalue weighted by Crippen LogP contribution is -2.16. The minimum atomic E-state index is -0.709. The highest BCUT2D eigenvalue weighted by Crippen LogP contribution is 2.80. The first-order chi connectivity index (χ1) is 17.1. The van der Waals surface area contributed by atoms with E-state index in [1.165, 1.54) is 11.1 Å². The number of hydrogen-bond acceptors (Lipinski definition) is 4. The van der Waals surface area contributed by atoms with Gasteiger partial charge in [0.15, 0.2) is 0 Å². The third kappa shape index (κ3) is 6.19. The Balaban J connectivity index is 1.46. The van der Waals surface area contributed by atoms with Crippen LogP contribution in [0.3, 0.4) is 0 Å². The van der Waals surface area contributed by atoms with E-state index in [2.05, 4.69) is 37.4 Å². The molecule has 0 heterocycles. The van der Waals surface area contributed by atoms with Crippen molar-refractivity contribution in [2.24, 2.45) is 5.92 Å². The van der Waals surface area contributed by atoms with Gasteiger partial charge in [-0.1, -0.05) is 75.9 Å². The Kier molecular flexibility index (Phi) is 10.1. The van der Waals surface area contributed by atoms with Crippen LogP contribution in [-0.4, -0.2) is 29.5 Å². The lowest BCUT2D eigenvalue weighted by Gasteiger charge is -2.22. The number of rotatable bonds is 16. The van der Waals surface area contributed by atoms with E-state index in [9.17, 15) is 9.59 Å². The molecule has 0 spiro atoms. The first-order valence-electron chi connectivity index (χ1n) is 13.3. The summed E-state index contributed by atoms with van der Waals surface area (Å²) < 4.78 is 9.66. The van der Waals surface area contributed by atoms with Crippen molar-refractivity contribution in [3.05, 3.63) is 59.7 Å². The maximum atomic E-state index is 11.5. The van der Waals surface area contributed by atoms with Crippen molar-refractivity contribution in [2.75, 3.05) is 13.2 Å². The zero-order valence-electron chi connectivity index (χ0n) is 21.8. The Hall–Kier alpha value is -1.78. The zero-order valence-corrected chi connectivity index (χ0v) is 23.3. The number of ether oxygens (including phenoxy) is 2. The molecule has 3 atom stereocenters. The Morgan fingerprint density at radius 2 is 1.36 bits per heavy atom. The highest BCUT2D eigenvalue weighted by Gasteiger charge is 2.80. The highest BCUT2D eigenvalue weighted by molar-refractivity contribution is 6.53. The van der Waals surface area contributed by atoms with Crippen LogP contribution in [0.4, 0.5) is 0 Å². The van der Waals surface area contributed by atoms with E-state index in [-0.39, 0.29) is 23.3 Å². The number of esters is 2. The predicted octanol–water partition coefficient (Wildman–Crippen LogP) is 7.96. The predicted molar refractivity (Wildman–Crippen MR) is 147 cm³/mol. The van der Waals surface area contributed by atoms with Gasteiger partial charge in [0.2, 0.25) is 0 Å². The fraction of sp³-hybridized carbons (Fsp3) is 0.600. The first-order valence-corrected chi connectivity index (χ1v) is 14.0. The number of halogens is 2. The van der Waals surface area contributed by atoms with Crippen molar-refractivity contribution >= 4 is 35.1 Å². The number of alkyl halides is 2. The van der Waals surface area contributed by atoms with E-state index in [0.29, 0.717) is 30.3 Å². The summed E-state index contributed by atoms with van der Waals surface area (Å²) in [6.45, 7) is 11.4. The molecule has 1 fully saturated rings. The summed E-state index contributed by atoms with van der Waals surface area (Å²) in [7, 11) is 0. The smallest absolute Gasteiger partial charge is 0.333 e. The van der Waals surface area contributed by atoms with Crippen LogP contribution in [0, 0.1) is 5.92 Å². The lowest BCUT2D eigenvalue weighted by molar-refractivity contribution is -0.139. The van der Waals surface area contributed by atoms with E-state index in [4.69, 9.17) is 32.7 Å². The summed E-state index contributed by atoms with van der Waals surface area (Å²) in [6, 6.07) is 8.70. The van der Waals surface area contributed by atoms with Crippen molar-refractivity contribution in [1.29, 1.82) is 0 Å². The first kappa shape index (κ1) is 28.8. The lowest BCUT2D eigenvalue weighted by atomic mass is 9.88. The van der Waals surface area contributed by atoms with Gasteiger partial charge in [-0.05, 0) is 56.6 Å². The third-order valence-electron chi connectivity index (χ3n) is 7.71. The van der Waals surface area contributed by atoms with Crippen LogP contribution < -0.4 is 0 Å². The van der Waals surface area contributed by atoms with Crippen LogP contribution in [0.15, 0.2) is 48.6 Å². The molecule has 36 heavy (non-hydrogen) atoms. The van der Waals surface area contributed by atoms with Gasteiger partial charge in [-0.25, -0.2) is 9.59 Å². The molecule has 0 radical (unpaired) electrons. The summed E-state index contributed by atoms with van der Waals surface area (Å²) in [6.07, 6.45) is 10.1. The Morgan fingerprint density at radius 1 is 0.833 bits per heavy atom. The number of benzene rings is 1. The molecule has 2 aliphatic carbocycles. The second-order valence-electron chi connectivity index (χ2n) is 10.5. The van der Waals surface area contributed by atoms with Crippen LogP contribution in [-0.2, 0) is 24.5 Å². The van der Waals surface area contributed by atoms with Crippen LogP contribution in [0.1, 0.15) is 95.1 Å². The summed E-state index contributed by atoms with van der Waals surface area (Å²) in [5, 5.41) is 0. The molecule has 0 bridgehead atoms. The summed E-state index contributed by atoms with van der Waals surface area (Å²) in [5.74, 6) is 0.0239. The second kappa shape index (κ2) is 12.6. The van der Waals surface area contributed by atoms with Gasteiger partial charge >= 0.3 is 11.9 Å². The van der Waals surface area contributed by atoms with Gasteiger partial charge in [0, 0.05) is 22.5 Å². The molecule has 3 unspecified atom stereocenters. The van der Waals surface area contributed by atoms with Crippen molar-refractivity contribution < 1.29 is 19.1 Å². The average molecular weight is 536 g/mol. The maximum Gasteiger partial charge on any atom is 0.333 e. The molecule has 0 aliphatic heterocycles. The second-order valence-corrected chi connectivity index (χ2v) is 11.9. The normalized spacial score (nSPS) is 22.9. The summed E-state index contributed by atoms with van der Waals surface area (Å²) >= 11 is 14.0. The number of fused-ring (bicyclic) bond motifs is 3. The van der Waals surface area contributed by atoms with Crippen molar-refractivity contribution in [3.63, 3.8) is 0 Å². The monoisotopic (exact) mass is 534 g/mol. The SMILES string of the molecule is C=C(C)C(=O)OCCCCCCC1c2ccccc2C2(CCCCCCOC(=O)C(=C)C)C1C2(Cl)Cl. The fourth-order valence-corrected chi connectivity index (χ4v) is 7.06. The van der Waals surface area contributed by atoms with Gasteiger partial charge in [-0.2, -0.15) is 0 Å². The molecule has 0 N–H and O–H groups in total. The topological polar surface area (TPSA) is 52.6 Å². The van der Waals surface area contributed by atoms with Crippen molar-refractivity contribution in [3.8, 4) is 0 Å². The van der Waals surface area contributed by atoms with E-state index in [1.807, 2.05) is 0 Å². The zero-order chi connectivity index (χ0) is 26.3. The van der Waals surface area contributed by atoms with Crippen LogP contribution in [0.2, 0.25) is 0 Å². The summed E-state index contributed by atoms with van der Waals surface area (Å²) in [4.78, 5) is 23.0. The van der Waals surface area contributed by atoms with Gasteiger partial charge in [0.1, 0.15) is 4.33 Å². The van der Waals surface area contributed by atoms with Gasteiger partial charge in [0.25, 0.3) is 0 Å². The van der Waals surface area contributed by atoms with Gasteiger partial charge in [0.05, 0.1) is 13.2 Å². The molecule has 4 nitrogen and oxygen atoms in total. The molecule has 1 saturated carbocycles. The number of unbranched alkanes of at least 4 members (excludes halogenated alkanes) is 6. The Labute approximate surface area is 226 Å². The average Bonchev–Trinajstić information content (AvgIpc) is 3.17. The van der Waals surface area contributed by atoms with E-state index >= 15 is 0 Å². The third-order valence-corrected chi connectivity index (χ3v) is 8.86. The molecule has 0 aromatic heterocycles. The molecular weight excluding hydrogens is 495 g/mol. The standard InChI is InChI=1S/C30H40Cl2O4/c1-21(2)27(33)35-19-13-7-5-9-16-24-23-15-10-11-17-25(23)29(26(24)30(29,31)32)18-12-6-8-14-20-36-28(34)22(3)4/h10-11,15,17,24,26H,1,3,5-9,12-14,16,18-20H2,2,4H3. The summed E-state index contributed by atoms with van der Waals surface area (Å²) in [5.41, 5.74) is 3.49. The van der Waals surface area contributed by atoms with Crippen LogP contribution in [0.25, 0.3) is 0 Å². The fourth-order valence-electron chi connectivity index (χ4n) is 5.87. The van der Waals surface area contributed by atoms with Gasteiger partial charge < -0.3 is 9.47 Å². The Morgan fingerprint density at radius 3 is 1.94 bits per heavy atom. The number of carbonyl (C=O) groups is 2. The molecule has 2 aliphatic rings. The minimum Gasteiger partial charge on any atom is -0.462 e. The van der Waals surface area contributed by atoms with Gasteiger partial charge in [-0.15, -0.1) is 23.2 Å². The molecule has 0 saturated heterocycles. The Bertz CT molecular complexity index is 969. The van der Waals surface area contributed by atoms with E-state index < -0.39 is 4.33 Å². The molecule has 0 amide bonds. The largest absolute Gasteiger partial charge is 0.462 e. The van der Waals surface area contributed by atoms with Gasteiger partial charge in [-0.3, -0.25) is 0 Å². The van der Waals surface area contributed by atoms with E-state index in [1.54, 1.807) is 13.8 Å². The molecular formula is C30H40Cl2O4. The number of hydrogen-bond donors (Lipinski definition) is 0. The van der Waals surface area contributed by atoms with Crippen LogP contribution in [0.5, 0.6) is 0 Å². The van der Waals surface area contributed by atoms with Crippen LogP contribution >= 0.6 is 23.2 Å².